The summed E-state index contributed by atoms with van der Waals surface area (Å²) < 4.78 is 30.7. The Morgan fingerprint density at radius 3 is 2.58 bits per heavy atom. The van der Waals surface area contributed by atoms with Crippen LogP contribution in [0.1, 0.15) is 31.2 Å². The largest absolute Gasteiger partial charge is 0.324 e. The number of pyridine rings is 1. The fourth-order valence-electron chi connectivity index (χ4n) is 6.01. The molecule has 36 heavy (non-hydrogen) atoms. The molecule has 1 aliphatic heterocycles. The summed E-state index contributed by atoms with van der Waals surface area (Å²) in [5.41, 5.74) is 3.79. The summed E-state index contributed by atoms with van der Waals surface area (Å²) in [6.45, 7) is 0. The molecule has 180 valence electrons. The van der Waals surface area contributed by atoms with Crippen molar-refractivity contribution in [1.29, 1.82) is 0 Å². The van der Waals surface area contributed by atoms with Gasteiger partial charge in [0.1, 0.15) is 0 Å². The number of carbonyl (C=O) groups excluding carboxylic acids is 1. The van der Waals surface area contributed by atoms with E-state index in [0.717, 1.165) is 58.7 Å². The third kappa shape index (κ3) is 2.74. The number of fused-ring (bicyclic) bond motifs is 5. The number of carbonyl (C=O) groups is 1. The average Bonchev–Trinajstić information content (AvgIpc) is 3.66. The SMILES string of the molecule is Cn1ncc2cc(-c3cn(S(=O)(=O)c4ccccc4)c4ncc5c(c34)C3(CCCC3)C(=O)N5)ccc21. The van der Waals surface area contributed by atoms with E-state index in [1.807, 2.05) is 25.2 Å². The Bertz CT molecular complexity index is 1810. The van der Waals surface area contributed by atoms with E-state index in [1.54, 1.807) is 53.6 Å². The van der Waals surface area contributed by atoms with Gasteiger partial charge in [-0.15, -0.1) is 0 Å². The van der Waals surface area contributed by atoms with Crippen LogP contribution < -0.4 is 5.32 Å². The molecule has 9 heteroatoms. The lowest BCUT2D eigenvalue weighted by atomic mass is 9.78. The molecule has 4 heterocycles. The van der Waals surface area contributed by atoms with Gasteiger partial charge in [0.25, 0.3) is 10.0 Å². The molecule has 2 aromatic carbocycles. The van der Waals surface area contributed by atoms with Gasteiger partial charge in [0.05, 0.1) is 33.9 Å². The highest BCUT2D eigenvalue weighted by Gasteiger charge is 2.50. The minimum atomic E-state index is -3.92. The highest BCUT2D eigenvalue weighted by Crippen LogP contribution is 2.53. The molecule has 0 atom stereocenters. The van der Waals surface area contributed by atoms with E-state index >= 15 is 0 Å². The van der Waals surface area contributed by atoms with Crippen LogP contribution in [0, 0.1) is 0 Å². The molecule has 0 bridgehead atoms. The number of nitrogens with zero attached hydrogens (tertiary/aromatic N) is 4. The second-order valence-corrected chi connectivity index (χ2v) is 11.5. The Balaban J connectivity index is 1.58. The van der Waals surface area contributed by atoms with Crippen LogP contribution in [0.15, 0.2) is 72.0 Å². The van der Waals surface area contributed by atoms with Crippen LogP contribution in [0.25, 0.3) is 33.1 Å². The van der Waals surface area contributed by atoms with E-state index in [4.69, 9.17) is 0 Å². The van der Waals surface area contributed by atoms with Gasteiger partial charge in [0.15, 0.2) is 5.65 Å². The standard InChI is InChI=1S/C27H23N5O3S/c1-31-22-10-9-17(13-18(22)14-29-31)20-16-32(36(34,35)19-7-3-2-4-8-19)25-23(20)24-21(15-28-25)30-26(33)27(24)11-5-6-12-27/h2-4,7-10,13-16H,5-6,11-12H2,1H3,(H,30,33). The second kappa shape index (κ2) is 7.27. The molecule has 7 rings (SSSR count). The van der Waals surface area contributed by atoms with Crippen molar-refractivity contribution in [3.05, 3.63) is 72.7 Å². The van der Waals surface area contributed by atoms with Crippen molar-refractivity contribution in [2.75, 3.05) is 5.32 Å². The van der Waals surface area contributed by atoms with E-state index in [9.17, 15) is 13.2 Å². The predicted molar refractivity (Wildman–Crippen MR) is 137 cm³/mol. The van der Waals surface area contributed by atoms with Crippen LogP contribution in [0.5, 0.6) is 0 Å². The summed E-state index contributed by atoms with van der Waals surface area (Å²) in [7, 11) is -2.04. The van der Waals surface area contributed by atoms with Gasteiger partial charge in [-0.25, -0.2) is 17.4 Å². The molecule has 0 saturated heterocycles. The van der Waals surface area contributed by atoms with Crippen molar-refractivity contribution in [3.8, 4) is 11.1 Å². The van der Waals surface area contributed by atoms with Crippen molar-refractivity contribution in [2.45, 2.75) is 36.0 Å². The van der Waals surface area contributed by atoms with Crippen LogP contribution in [-0.2, 0) is 27.3 Å². The number of hydrogen-bond donors (Lipinski definition) is 1. The predicted octanol–water partition coefficient (Wildman–Crippen LogP) is 4.59. The van der Waals surface area contributed by atoms with Crippen LogP contribution in [0.2, 0.25) is 0 Å². The normalized spacial score (nSPS) is 16.8. The van der Waals surface area contributed by atoms with Crippen LogP contribution >= 0.6 is 0 Å². The molecule has 1 fully saturated rings. The molecule has 1 N–H and O–H groups in total. The number of amides is 1. The van der Waals surface area contributed by atoms with Crippen molar-refractivity contribution < 1.29 is 13.2 Å². The molecule has 1 amide bonds. The summed E-state index contributed by atoms with van der Waals surface area (Å²) in [5.74, 6) is -0.0170. The minimum Gasteiger partial charge on any atom is -0.324 e. The molecule has 1 spiro atoms. The third-order valence-electron chi connectivity index (χ3n) is 7.76. The van der Waals surface area contributed by atoms with Crippen LogP contribution in [0.3, 0.4) is 0 Å². The Kier molecular flexibility index (Phi) is 4.30. The first-order valence-corrected chi connectivity index (χ1v) is 13.4. The first-order chi connectivity index (χ1) is 17.4. The summed E-state index contributed by atoms with van der Waals surface area (Å²) in [6, 6.07) is 14.3. The first-order valence-electron chi connectivity index (χ1n) is 12.0. The van der Waals surface area contributed by atoms with E-state index in [-0.39, 0.29) is 10.8 Å². The lowest BCUT2D eigenvalue weighted by molar-refractivity contribution is -0.120. The zero-order chi connectivity index (χ0) is 24.7. The molecule has 5 aromatic rings. The maximum Gasteiger partial charge on any atom is 0.269 e. The Hall–Kier alpha value is -3.98. The number of nitrogens with one attached hydrogen (secondary N) is 1. The molecular weight excluding hydrogens is 474 g/mol. The Morgan fingerprint density at radius 2 is 1.81 bits per heavy atom. The van der Waals surface area contributed by atoms with E-state index < -0.39 is 15.4 Å². The van der Waals surface area contributed by atoms with Crippen molar-refractivity contribution in [2.24, 2.45) is 7.05 Å². The number of hydrogen-bond acceptors (Lipinski definition) is 5. The Labute approximate surface area is 207 Å². The number of rotatable bonds is 3. The zero-order valence-electron chi connectivity index (χ0n) is 19.6. The smallest absolute Gasteiger partial charge is 0.269 e. The van der Waals surface area contributed by atoms with Crippen molar-refractivity contribution >= 4 is 43.6 Å². The highest BCUT2D eigenvalue weighted by molar-refractivity contribution is 7.90. The molecular formula is C27H23N5O3S. The summed E-state index contributed by atoms with van der Waals surface area (Å²) in [5, 5.41) is 9.06. The zero-order valence-corrected chi connectivity index (χ0v) is 20.4. The van der Waals surface area contributed by atoms with Gasteiger partial charge in [-0.05, 0) is 42.7 Å². The van der Waals surface area contributed by atoms with Gasteiger partial charge in [-0.3, -0.25) is 9.48 Å². The van der Waals surface area contributed by atoms with E-state index in [1.165, 1.54) is 3.97 Å². The number of aryl methyl sites for hydroxylation is 1. The molecule has 0 radical (unpaired) electrons. The maximum atomic E-state index is 13.8. The maximum absolute atomic E-state index is 13.8. The number of anilines is 1. The minimum absolute atomic E-state index is 0.0170. The fraction of sp³-hybridized carbons (Fsp3) is 0.222. The molecule has 2 aliphatic rings. The van der Waals surface area contributed by atoms with Gasteiger partial charge in [0.2, 0.25) is 5.91 Å². The van der Waals surface area contributed by atoms with Gasteiger partial charge in [-0.2, -0.15) is 5.10 Å². The summed E-state index contributed by atoms with van der Waals surface area (Å²) >= 11 is 0. The molecule has 1 aliphatic carbocycles. The van der Waals surface area contributed by atoms with Gasteiger partial charge in [-0.1, -0.05) is 37.1 Å². The van der Waals surface area contributed by atoms with Gasteiger partial charge in [0, 0.05) is 35.1 Å². The highest BCUT2D eigenvalue weighted by atomic mass is 32.2. The summed E-state index contributed by atoms with van der Waals surface area (Å²) in [6.07, 6.45) is 8.45. The average molecular weight is 498 g/mol. The first kappa shape index (κ1) is 21.3. The molecule has 1 saturated carbocycles. The number of benzene rings is 2. The lowest BCUT2D eigenvalue weighted by Crippen LogP contribution is -2.31. The van der Waals surface area contributed by atoms with Crippen molar-refractivity contribution in [1.82, 2.24) is 18.7 Å². The molecule has 3 aromatic heterocycles. The Morgan fingerprint density at radius 1 is 1.03 bits per heavy atom. The quantitative estimate of drug-likeness (QED) is 0.393. The lowest BCUT2D eigenvalue weighted by Gasteiger charge is -2.22. The summed E-state index contributed by atoms with van der Waals surface area (Å²) in [4.78, 5) is 18.1. The fourth-order valence-corrected chi connectivity index (χ4v) is 7.35. The van der Waals surface area contributed by atoms with Gasteiger partial charge >= 0.3 is 0 Å². The molecule has 8 nitrogen and oxygen atoms in total. The van der Waals surface area contributed by atoms with Crippen molar-refractivity contribution in [3.63, 3.8) is 0 Å². The second-order valence-electron chi connectivity index (χ2n) is 9.69. The van der Waals surface area contributed by atoms with E-state index in [2.05, 4.69) is 15.4 Å². The molecule has 0 unspecified atom stereocenters. The topological polar surface area (TPSA) is 98.9 Å². The van der Waals surface area contributed by atoms with Crippen LogP contribution in [-0.4, -0.2) is 33.1 Å². The van der Waals surface area contributed by atoms with E-state index in [0.29, 0.717) is 11.3 Å². The van der Waals surface area contributed by atoms with Gasteiger partial charge < -0.3 is 5.32 Å². The van der Waals surface area contributed by atoms with Crippen LogP contribution in [0.4, 0.5) is 5.69 Å². The number of aromatic nitrogens is 4. The monoisotopic (exact) mass is 497 g/mol. The third-order valence-corrected chi connectivity index (χ3v) is 9.42.